The van der Waals surface area contributed by atoms with Crippen molar-refractivity contribution in [2.45, 2.75) is 72.6 Å². The number of hydrogen-bond donors (Lipinski definition) is 1. The molecule has 0 amide bonds. The molecule has 0 aliphatic heterocycles. The molecule has 1 N–H and O–H groups in total. The molecule has 1 aliphatic carbocycles. The average molecular weight is 253 g/mol. The molecule has 0 radical (unpaired) electrons. The summed E-state index contributed by atoms with van der Waals surface area (Å²) in [6.45, 7) is 11.7. The molecule has 1 fully saturated rings. The van der Waals surface area contributed by atoms with Crippen LogP contribution in [0.4, 0.5) is 0 Å². The third-order valence-corrected chi connectivity index (χ3v) is 4.71. The molecule has 3 atom stereocenters. The fourth-order valence-corrected chi connectivity index (χ4v) is 3.18. The van der Waals surface area contributed by atoms with Crippen molar-refractivity contribution in [3.05, 3.63) is 0 Å². The Morgan fingerprint density at radius 1 is 1.11 bits per heavy atom. The Labute approximate surface area is 115 Å². The lowest BCUT2D eigenvalue weighted by Gasteiger charge is -2.39. The summed E-state index contributed by atoms with van der Waals surface area (Å²) in [5.41, 5.74) is 0. The quantitative estimate of drug-likeness (QED) is 0.586. The highest BCUT2D eigenvalue weighted by molar-refractivity contribution is 4.84. The highest BCUT2D eigenvalue weighted by atomic mass is 14.9. The summed E-state index contributed by atoms with van der Waals surface area (Å²) in [5, 5.41) is 3.65. The van der Waals surface area contributed by atoms with E-state index in [2.05, 4.69) is 33.0 Å². The van der Waals surface area contributed by atoms with Crippen molar-refractivity contribution in [2.24, 2.45) is 23.7 Å². The van der Waals surface area contributed by atoms with Gasteiger partial charge in [-0.2, -0.15) is 0 Å². The third kappa shape index (κ3) is 5.73. The van der Waals surface area contributed by atoms with E-state index in [0.717, 1.165) is 23.7 Å². The predicted molar refractivity (Wildman–Crippen MR) is 81.8 cm³/mol. The molecule has 1 nitrogen and oxygen atoms in total. The van der Waals surface area contributed by atoms with Crippen molar-refractivity contribution in [3.63, 3.8) is 0 Å². The zero-order valence-electron chi connectivity index (χ0n) is 13.2. The van der Waals surface area contributed by atoms with Crippen LogP contribution in [0.5, 0.6) is 0 Å². The van der Waals surface area contributed by atoms with Crippen LogP contribution in [0.25, 0.3) is 0 Å². The van der Waals surface area contributed by atoms with Crippen LogP contribution in [0.3, 0.4) is 0 Å². The van der Waals surface area contributed by atoms with E-state index in [1.807, 2.05) is 0 Å². The van der Waals surface area contributed by atoms with E-state index in [4.69, 9.17) is 0 Å². The molecule has 1 aliphatic rings. The number of nitrogens with one attached hydrogen (secondary N) is 1. The van der Waals surface area contributed by atoms with Crippen molar-refractivity contribution in [1.82, 2.24) is 5.32 Å². The number of rotatable bonds is 10. The fourth-order valence-electron chi connectivity index (χ4n) is 3.18. The average Bonchev–Trinajstić information content (AvgIpc) is 2.33. The van der Waals surface area contributed by atoms with Gasteiger partial charge in [-0.15, -0.1) is 0 Å². The molecule has 18 heavy (non-hydrogen) atoms. The summed E-state index contributed by atoms with van der Waals surface area (Å²) in [7, 11) is 0. The lowest BCUT2D eigenvalue weighted by Crippen LogP contribution is -2.37. The van der Waals surface area contributed by atoms with Gasteiger partial charge in [0, 0.05) is 0 Å². The Morgan fingerprint density at radius 3 is 2.33 bits per heavy atom. The molecule has 1 heteroatoms. The molecule has 0 aromatic heterocycles. The number of unbranched alkanes of at least 4 members (excludes halogenated alkanes) is 1. The van der Waals surface area contributed by atoms with Gasteiger partial charge in [-0.25, -0.2) is 0 Å². The SMILES string of the molecule is CCCCC(CC)CC1CCC1CNCC(C)C. The molecular weight excluding hydrogens is 218 g/mol. The lowest BCUT2D eigenvalue weighted by atomic mass is 9.68. The van der Waals surface area contributed by atoms with E-state index in [-0.39, 0.29) is 0 Å². The highest BCUT2D eigenvalue weighted by Gasteiger charge is 2.31. The van der Waals surface area contributed by atoms with E-state index < -0.39 is 0 Å². The molecular formula is C17H35N. The molecule has 0 saturated heterocycles. The van der Waals surface area contributed by atoms with Gasteiger partial charge >= 0.3 is 0 Å². The largest absolute Gasteiger partial charge is 0.316 e. The van der Waals surface area contributed by atoms with Gasteiger partial charge in [0.25, 0.3) is 0 Å². The van der Waals surface area contributed by atoms with Crippen molar-refractivity contribution in [1.29, 1.82) is 0 Å². The number of hydrogen-bond acceptors (Lipinski definition) is 1. The first-order chi connectivity index (χ1) is 8.67. The molecule has 0 heterocycles. The summed E-state index contributed by atoms with van der Waals surface area (Å²) in [6.07, 6.45) is 10.1. The Balaban J connectivity index is 2.16. The minimum atomic E-state index is 0.788. The summed E-state index contributed by atoms with van der Waals surface area (Å²) in [6, 6.07) is 0. The fraction of sp³-hybridized carbons (Fsp3) is 1.00. The Kier molecular flexibility index (Phi) is 7.97. The van der Waals surface area contributed by atoms with E-state index in [0.29, 0.717) is 0 Å². The highest BCUT2D eigenvalue weighted by Crippen LogP contribution is 2.39. The molecule has 3 unspecified atom stereocenters. The van der Waals surface area contributed by atoms with Gasteiger partial charge in [-0.3, -0.25) is 0 Å². The van der Waals surface area contributed by atoms with Crippen LogP contribution in [-0.4, -0.2) is 13.1 Å². The monoisotopic (exact) mass is 253 g/mol. The first-order valence-corrected chi connectivity index (χ1v) is 8.38. The summed E-state index contributed by atoms with van der Waals surface area (Å²) in [5.74, 6) is 3.81. The summed E-state index contributed by atoms with van der Waals surface area (Å²) >= 11 is 0. The molecule has 1 rings (SSSR count). The van der Waals surface area contributed by atoms with Crippen molar-refractivity contribution in [2.75, 3.05) is 13.1 Å². The van der Waals surface area contributed by atoms with Gasteiger partial charge in [0.05, 0.1) is 0 Å². The second kappa shape index (κ2) is 8.96. The lowest BCUT2D eigenvalue weighted by molar-refractivity contribution is 0.132. The van der Waals surface area contributed by atoms with Crippen molar-refractivity contribution < 1.29 is 0 Å². The van der Waals surface area contributed by atoms with Crippen molar-refractivity contribution >= 4 is 0 Å². The third-order valence-electron chi connectivity index (χ3n) is 4.71. The van der Waals surface area contributed by atoms with Gasteiger partial charge in [0.2, 0.25) is 0 Å². The first kappa shape index (κ1) is 16.0. The van der Waals surface area contributed by atoms with Gasteiger partial charge in [0.15, 0.2) is 0 Å². The van der Waals surface area contributed by atoms with Crippen LogP contribution in [0, 0.1) is 23.7 Å². The van der Waals surface area contributed by atoms with E-state index in [1.165, 1.54) is 58.0 Å². The van der Waals surface area contributed by atoms with Gasteiger partial charge in [-0.1, -0.05) is 53.4 Å². The topological polar surface area (TPSA) is 12.0 Å². The van der Waals surface area contributed by atoms with Crippen molar-refractivity contribution in [3.8, 4) is 0 Å². The molecule has 108 valence electrons. The Bertz CT molecular complexity index is 200. The second-order valence-corrected chi connectivity index (χ2v) is 6.80. The minimum absolute atomic E-state index is 0.788. The summed E-state index contributed by atoms with van der Waals surface area (Å²) < 4.78 is 0. The normalized spacial score (nSPS) is 25.2. The maximum absolute atomic E-state index is 3.65. The van der Waals surface area contributed by atoms with Crippen LogP contribution in [0.1, 0.15) is 72.6 Å². The van der Waals surface area contributed by atoms with Crippen LogP contribution >= 0.6 is 0 Å². The maximum atomic E-state index is 3.65. The molecule has 0 aromatic carbocycles. The van der Waals surface area contributed by atoms with Crippen LogP contribution < -0.4 is 5.32 Å². The molecule has 1 saturated carbocycles. The van der Waals surface area contributed by atoms with Crippen LogP contribution in [0.2, 0.25) is 0 Å². The zero-order chi connectivity index (χ0) is 13.4. The van der Waals surface area contributed by atoms with Crippen LogP contribution in [0.15, 0.2) is 0 Å². The predicted octanol–water partition coefficient (Wildman–Crippen LogP) is 4.86. The zero-order valence-corrected chi connectivity index (χ0v) is 13.2. The van der Waals surface area contributed by atoms with Gasteiger partial charge in [0.1, 0.15) is 0 Å². The van der Waals surface area contributed by atoms with Crippen LogP contribution in [-0.2, 0) is 0 Å². The van der Waals surface area contributed by atoms with Gasteiger partial charge < -0.3 is 5.32 Å². The molecule has 0 spiro atoms. The van der Waals surface area contributed by atoms with Gasteiger partial charge in [-0.05, 0) is 56.0 Å². The smallest absolute Gasteiger partial charge is 0.00178 e. The van der Waals surface area contributed by atoms with E-state index in [9.17, 15) is 0 Å². The first-order valence-electron chi connectivity index (χ1n) is 8.38. The Morgan fingerprint density at radius 2 is 1.83 bits per heavy atom. The minimum Gasteiger partial charge on any atom is -0.316 e. The summed E-state index contributed by atoms with van der Waals surface area (Å²) in [4.78, 5) is 0. The molecule has 0 aromatic rings. The maximum Gasteiger partial charge on any atom is -0.00178 e. The second-order valence-electron chi connectivity index (χ2n) is 6.80. The Hall–Kier alpha value is -0.0400. The van der Waals surface area contributed by atoms with E-state index >= 15 is 0 Å². The van der Waals surface area contributed by atoms with E-state index in [1.54, 1.807) is 0 Å². The molecule has 0 bridgehead atoms. The standard InChI is InChI=1S/C17H35N/c1-5-7-8-15(6-2)11-16-9-10-17(16)13-18-12-14(3)4/h14-18H,5-13H2,1-4H3.